The van der Waals surface area contributed by atoms with Crippen LogP contribution < -0.4 is 15.0 Å². The Morgan fingerprint density at radius 2 is 1.93 bits per heavy atom. The van der Waals surface area contributed by atoms with Gasteiger partial charge in [0.25, 0.3) is 5.91 Å². The summed E-state index contributed by atoms with van der Waals surface area (Å²) in [5.41, 5.74) is 0.987. The van der Waals surface area contributed by atoms with Crippen LogP contribution in [0.5, 0.6) is 5.75 Å². The van der Waals surface area contributed by atoms with E-state index in [2.05, 4.69) is 32.1 Å². The third-order valence-electron chi connectivity index (χ3n) is 5.16. The molecule has 1 atom stereocenters. The molecule has 0 radical (unpaired) electrons. The smallest absolute Gasteiger partial charge is 0.275 e. The van der Waals surface area contributed by atoms with Crippen molar-refractivity contribution in [3.8, 4) is 11.6 Å². The first-order valence-electron chi connectivity index (χ1n) is 9.72. The Balaban J connectivity index is 1.49. The first-order valence-corrected chi connectivity index (χ1v) is 9.72. The number of methoxy groups -OCH3 is 1. The number of nitrogens with zero attached hydrogens (tertiary/aromatic N) is 5. The van der Waals surface area contributed by atoms with Crippen LogP contribution in [0.3, 0.4) is 0 Å². The monoisotopic (exact) mass is 392 g/mol. The van der Waals surface area contributed by atoms with Crippen LogP contribution in [0, 0.1) is 0 Å². The van der Waals surface area contributed by atoms with Gasteiger partial charge in [-0.05, 0) is 50.5 Å². The lowest BCUT2D eigenvalue weighted by Gasteiger charge is -2.34. The summed E-state index contributed by atoms with van der Waals surface area (Å²) in [5.74, 6) is 2.03. The largest absolute Gasteiger partial charge is 0.497 e. The second-order valence-electron chi connectivity index (χ2n) is 7.12. The van der Waals surface area contributed by atoms with Gasteiger partial charge in [0.15, 0.2) is 0 Å². The lowest BCUT2D eigenvalue weighted by molar-refractivity contribution is 0.102. The average molecular weight is 392 g/mol. The molecule has 0 spiro atoms. The number of ether oxygens (including phenoxy) is 1. The Morgan fingerprint density at radius 3 is 2.69 bits per heavy atom. The first-order chi connectivity index (χ1) is 14.1. The maximum Gasteiger partial charge on any atom is 0.275 e. The fourth-order valence-corrected chi connectivity index (χ4v) is 3.51. The van der Waals surface area contributed by atoms with Crippen molar-refractivity contribution in [3.05, 3.63) is 54.9 Å². The van der Waals surface area contributed by atoms with Crippen molar-refractivity contribution in [1.29, 1.82) is 0 Å². The molecule has 1 saturated heterocycles. The number of hydrogen-bond donors (Lipinski definition) is 1. The second kappa shape index (κ2) is 8.30. The van der Waals surface area contributed by atoms with Crippen molar-refractivity contribution in [3.63, 3.8) is 0 Å². The minimum Gasteiger partial charge on any atom is -0.497 e. The van der Waals surface area contributed by atoms with Crippen LogP contribution in [-0.4, -0.2) is 45.1 Å². The van der Waals surface area contributed by atoms with Crippen molar-refractivity contribution >= 4 is 17.4 Å². The van der Waals surface area contributed by atoms with Crippen LogP contribution in [-0.2, 0) is 0 Å². The molecule has 1 aromatic carbocycles. The highest BCUT2D eigenvalue weighted by molar-refractivity contribution is 6.02. The molecule has 4 rings (SSSR count). The van der Waals surface area contributed by atoms with Gasteiger partial charge in [0.2, 0.25) is 0 Å². The quantitative estimate of drug-likeness (QED) is 0.717. The van der Waals surface area contributed by atoms with Crippen molar-refractivity contribution in [2.24, 2.45) is 0 Å². The number of carbonyl (C=O) groups is 1. The highest BCUT2D eigenvalue weighted by Crippen LogP contribution is 2.23. The van der Waals surface area contributed by atoms with Crippen LogP contribution in [0.2, 0.25) is 0 Å². The summed E-state index contributed by atoms with van der Waals surface area (Å²) < 4.78 is 6.87. The molecule has 0 aliphatic carbocycles. The van der Waals surface area contributed by atoms with Crippen LogP contribution >= 0.6 is 0 Å². The third-order valence-corrected chi connectivity index (χ3v) is 5.16. The Morgan fingerprint density at radius 1 is 1.14 bits per heavy atom. The molecule has 1 N–H and O–H groups in total. The number of amides is 1. The summed E-state index contributed by atoms with van der Waals surface area (Å²) in [6, 6.07) is 9.54. The van der Waals surface area contributed by atoms with Gasteiger partial charge < -0.3 is 15.0 Å². The molecule has 2 aromatic heterocycles. The summed E-state index contributed by atoms with van der Waals surface area (Å²) in [6.45, 7) is 3.22. The zero-order valence-electron chi connectivity index (χ0n) is 16.6. The maximum atomic E-state index is 12.5. The number of hydrogen-bond acceptors (Lipinski definition) is 6. The van der Waals surface area contributed by atoms with E-state index >= 15 is 0 Å². The van der Waals surface area contributed by atoms with Gasteiger partial charge in [0.05, 0.1) is 7.11 Å². The van der Waals surface area contributed by atoms with Gasteiger partial charge in [0, 0.05) is 30.5 Å². The molecule has 0 unspecified atom stereocenters. The van der Waals surface area contributed by atoms with E-state index < -0.39 is 0 Å². The average Bonchev–Trinajstić information content (AvgIpc) is 3.25. The van der Waals surface area contributed by atoms with E-state index in [0.717, 1.165) is 18.1 Å². The fourth-order valence-electron chi connectivity index (χ4n) is 3.51. The zero-order chi connectivity index (χ0) is 20.2. The van der Waals surface area contributed by atoms with Gasteiger partial charge in [-0.15, -0.1) is 0 Å². The summed E-state index contributed by atoms with van der Waals surface area (Å²) in [4.78, 5) is 27.8. The second-order valence-corrected chi connectivity index (χ2v) is 7.12. The predicted molar refractivity (Wildman–Crippen MR) is 111 cm³/mol. The van der Waals surface area contributed by atoms with E-state index in [4.69, 9.17) is 4.74 Å². The summed E-state index contributed by atoms with van der Waals surface area (Å²) in [6.07, 6.45) is 8.41. The van der Waals surface area contributed by atoms with E-state index in [1.165, 1.54) is 19.3 Å². The molecule has 1 aliphatic heterocycles. The fraction of sp³-hybridized carbons (Fsp3) is 0.333. The number of nitrogens with one attached hydrogen (secondary N) is 1. The van der Waals surface area contributed by atoms with Gasteiger partial charge in [-0.2, -0.15) is 0 Å². The molecule has 0 saturated carbocycles. The van der Waals surface area contributed by atoms with E-state index in [1.54, 1.807) is 54.8 Å². The maximum absolute atomic E-state index is 12.5. The van der Waals surface area contributed by atoms with Gasteiger partial charge >= 0.3 is 0 Å². The molecule has 8 nitrogen and oxygen atoms in total. The topological polar surface area (TPSA) is 85.2 Å². The molecule has 1 fully saturated rings. The third kappa shape index (κ3) is 4.21. The minimum atomic E-state index is -0.284. The van der Waals surface area contributed by atoms with Crippen molar-refractivity contribution < 1.29 is 9.53 Å². The molecule has 29 heavy (non-hydrogen) atoms. The van der Waals surface area contributed by atoms with E-state index in [9.17, 15) is 4.79 Å². The lowest BCUT2D eigenvalue weighted by atomic mass is 10.0. The Labute approximate surface area is 169 Å². The van der Waals surface area contributed by atoms with E-state index in [-0.39, 0.29) is 5.91 Å². The van der Waals surface area contributed by atoms with Gasteiger partial charge in [0.1, 0.15) is 35.7 Å². The molecule has 3 aromatic rings. The highest BCUT2D eigenvalue weighted by atomic mass is 16.5. The molecule has 0 bridgehead atoms. The Kier molecular flexibility index (Phi) is 5.41. The van der Waals surface area contributed by atoms with Gasteiger partial charge in [-0.3, -0.25) is 9.36 Å². The summed E-state index contributed by atoms with van der Waals surface area (Å²) in [7, 11) is 1.60. The lowest BCUT2D eigenvalue weighted by Crippen LogP contribution is -2.38. The normalized spacial score (nSPS) is 16.5. The highest BCUT2D eigenvalue weighted by Gasteiger charge is 2.20. The standard InChI is InChI=1S/C21H24N6O2/c1-15-5-3-4-10-27(15)20-11-19(22-13-23-20)26-12-18(24-14-26)21(28)25-16-6-8-17(29-2)9-7-16/h6-9,11-15H,3-5,10H2,1-2H3,(H,25,28)/t15-/m0/s1. The van der Waals surface area contributed by atoms with Crippen LogP contribution in [0.15, 0.2) is 49.2 Å². The first kappa shape index (κ1) is 18.9. The number of rotatable bonds is 5. The van der Waals surface area contributed by atoms with E-state index in [1.807, 2.05) is 6.07 Å². The van der Waals surface area contributed by atoms with Crippen molar-refractivity contribution in [2.75, 3.05) is 23.9 Å². The number of imidazole rings is 1. The molecule has 8 heteroatoms. The zero-order valence-corrected chi connectivity index (χ0v) is 16.6. The number of anilines is 2. The van der Waals surface area contributed by atoms with Crippen LogP contribution in [0.4, 0.5) is 11.5 Å². The molecule has 150 valence electrons. The van der Waals surface area contributed by atoms with Crippen molar-refractivity contribution in [1.82, 2.24) is 19.5 Å². The predicted octanol–water partition coefficient (Wildman–Crippen LogP) is 3.30. The number of benzene rings is 1. The van der Waals surface area contributed by atoms with Gasteiger partial charge in [-0.1, -0.05) is 0 Å². The summed E-state index contributed by atoms with van der Waals surface area (Å²) >= 11 is 0. The Bertz CT molecular complexity index is 985. The number of carbonyl (C=O) groups excluding carboxylic acids is 1. The van der Waals surface area contributed by atoms with Crippen LogP contribution in [0.25, 0.3) is 5.82 Å². The molecular formula is C21H24N6O2. The number of aromatic nitrogens is 4. The molecule has 1 aliphatic rings. The molecular weight excluding hydrogens is 368 g/mol. The van der Waals surface area contributed by atoms with Gasteiger partial charge in [-0.25, -0.2) is 15.0 Å². The summed E-state index contributed by atoms with van der Waals surface area (Å²) in [5, 5.41) is 2.83. The molecule has 1 amide bonds. The van der Waals surface area contributed by atoms with Crippen LogP contribution in [0.1, 0.15) is 36.7 Å². The minimum absolute atomic E-state index is 0.284. The SMILES string of the molecule is COc1ccc(NC(=O)c2cn(-c3cc(N4CCCC[C@@H]4C)ncn3)cn2)cc1. The Hall–Kier alpha value is -3.42. The van der Waals surface area contributed by atoms with E-state index in [0.29, 0.717) is 23.2 Å². The molecule has 3 heterocycles. The number of piperidine rings is 1. The van der Waals surface area contributed by atoms with Crippen molar-refractivity contribution in [2.45, 2.75) is 32.2 Å².